The maximum absolute atomic E-state index is 5.98. The molecule has 0 N–H and O–H groups in total. The van der Waals surface area contributed by atoms with E-state index in [9.17, 15) is 0 Å². The monoisotopic (exact) mass is 193 g/mol. The summed E-state index contributed by atoms with van der Waals surface area (Å²) in [5.74, 6) is 0. The molecule has 1 rings (SSSR count). The quantitative estimate of drug-likeness (QED) is 0.548. The molecule has 1 aliphatic heterocycles. The summed E-state index contributed by atoms with van der Waals surface area (Å²) in [5, 5.41) is 0. The number of rotatable bonds is 0. The van der Waals surface area contributed by atoms with E-state index in [1.165, 1.54) is 0 Å². The van der Waals surface area contributed by atoms with Gasteiger partial charge in [0.05, 0.1) is 6.26 Å². The van der Waals surface area contributed by atoms with Crippen molar-refractivity contribution < 1.29 is 4.52 Å². The first-order chi connectivity index (χ1) is 5.02. The van der Waals surface area contributed by atoms with Crippen molar-refractivity contribution in [2.75, 3.05) is 6.54 Å². The highest BCUT2D eigenvalue weighted by Crippen LogP contribution is 2.52. The van der Waals surface area contributed by atoms with E-state index in [2.05, 4.69) is 25.4 Å². The number of nitrogens with zero attached hydrogens (tertiary/aromatic N) is 1. The molecule has 0 aromatic carbocycles. The first-order valence-corrected chi connectivity index (χ1v) is 5.69. The molecule has 0 aromatic rings. The van der Waals surface area contributed by atoms with Crippen LogP contribution < -0.4 is 0 Å². The molecular weight excluding hydrogens is 181 g/mol. The molecule has 0 aromatic heterocycles. The van der Waals surface area contributed by atoms with E-state index in [1.807, 2.05) is 6.08 Å². The fraction of sp³-hybridized carbons (Fsp3) is 0.714. The van der Waals surface area contributed by atoms with Crippen molar-refractivity contribution in [2.24, 2.45) is 0 Å². The van der Waals surface area contributed by atoms with Crippen LogP contribution in [-0.2, 0) is 4.52 Å². The van der Waals surface area contributed by atoms with Gasteiger partial charge >= 0.3 is 0 Å². The van der Waals surface area contributed by atoms with Gasteiger partial charge in [0.15, 0.2) is 0 Å². The third-order valence-corrected chi connectivity index (χ3v) is 3.71. The van der Waals surface area contributed by atoms with Crippen molar-refractivity contribution in [3.63, 3.8) is 0 Å². The van der Waals surface area contributed by atoms with Crippen molar-refractivity contribution >= 4 is 18.9 Å². The van der Waals surface area contributed by atoms with Gasteiger partial charge in [0, 0.05) is 12.1 Å². The van der Waals surface area contributed by atoms with Crippen LogP contribution in [0.4, 0.5) is 0 Å². The summed E-state index contributed by atoms with van der Waals surface area (Å²) in [6.45, 7) is 7.28. The highest BCUT2D eigenvalue weighted by atomic mass is 35.7. The average Bonchev–Trinajstić information content (AvgIpc) is 1.86. The highest BCUT2D eigenvalue weighted by molar-refractivity contribution is 7.78. The van der Waals surface area contributed by atoms with Crippen LogP contribution in [0.3, 0.4) is 0 Å². The Morgan fingerprint density at radius 1 is 1.55 bits per heavy atom. The van der Waals surface area contributed by atoms with Crippen LogP contribution in [0, 0.1) is 0 Å². The van der Waals surface area contributed by atoms with Crippen LogP contribution in [0.15, 0.2) is 12.3 Å². The summed E-state index contributed by atoms with van der Waals surface area (Å²) in [5.41, 5.74) is 0.0955. The molecule has 0 bridgehead atoms. The van der Waals surface area contributed by atoms with E-state index in [-0.39, 0.29) is 5.54 Å². The fourth-order valence-electron chi connectivity index (χ4n) is 0.867. The van der Waals surface area contributed by atoms with Crippen LogP contribution in [0.1, 0.15) is 20.8 Å². The summed E-state index contributed by atoms with van der Waals surface area (Å²) in [6.07, 6.45) is 3.66. The maximum atomic E-state index is 5.98. The zero-order valence-corrected chi connectivity index (χ0v) is 8.69. The SMILES string of the molecule is CC(C)(C)N1CC=COP1Cl. The molecule has 0 saturated heterocycles. The third kappa shape index (κ3) is 2.33. The molecule has 2 nitrogen and oxygen atoms in total. The maximum Gasteiger partial charge on any atom is 0.266 e. The Morgan fingerprint density at radius 2 is 2.18 bits per heavy atom. The van der Waals surface area contributed by atoms with Crippen molar-refractivity contribution in [3.8, 4) is 0 Å². The van der Waals surface area contributed by atoms with Crippen molar-refractivity contribution in [1.82, 2.24) is 4.67 Å². The van der Waals surface area contributed by atoms with Crippen LogP contribution in [0.5, 0.6) is 0 Å². The van der Waals surface area contributed by atoms with E-state index in [4.69, 9.17) is 15.8 Å². The topological polar surface area (TPSA) is 12.5 Å². The second-order valence-corrected chi connectivity index (χ2v) is 5.47. The molecule has 0 amide bonds. The van der Waals surface area contributed by atoms with E-state index >= 15 is 0 Å². The smallest absolute Gasteiger partial charge is 0.266 e. The summed E-state index contributed by atoms with van der Waals surface area (Å²) >= 11 is 5.98. The van der Waals surface area contributed by atoms with Crippen molar-refractivity contribution in [2.45, 2.75) is 26.3 Å². The molecule has 0 radical (unpaired) electrons. The standard InChI is InChI=1S/C7H13ClNOP/c1-7(2,3)9-5-4-6-10-11(9)8/h4,6H,5H2,1-3H3. The van der Waals surface area contributed by atoms with E-state index in [1.54, 1.807) is 6.26 Å². The van der Waals surface area contributed by atoms with Gasteiger partial charge in [-0.2, -0.15) is 0 Å². The van der Waals surface area contributed by atoms with E-state index in [0.29, 0.717) is 0 Å². The normalized spacial score (nSPS) is 26.7. The van der Waals surface area contributed by atoms with Crippen LogP contribution in [-0.4, -0.2) is 16.8 Å². The van der Waals surface area contributed by atoms with E-state index < -0.39 is 7.65 Å². The second kappa shape index (κ2) is 3.30. The number of hydrogen-bond acceptors (Lipinski definition) is 2. The average molecular weight is 194 g/mol. The Morgan fingerprint density at radius 3 is 2.55 bits per heavy atom. The minimum absolute atomic E-state index is 0.0955. The lowest BCUT2D eigenvalue weighted by Gasteiger charge is -2.37. The molecule has 1 heterocycles. The summed E-state index contributed by atoms with van der Waals surface area (Å²) in [7, 11) is -0.924. The molecule has 64 valence electrons. The predicted molar refractivity (Wildman–Crippen MR) is 49.5 cm³/mol. The van der Waals surface area contributed by atoms with Gasteiger partial charge in [-0.25, -0.2) is 4.67 Å². The molecule has 1 unspecified atom stereocenters. The zero-order chi connectivity index (χ0) is 8.48. The van der Waals surface area contributed by atoms with Gasteiger partial charge in [0.1, 0.15) is 0 Å². The van der Waals surface area contributed by atoms with Gasteiger partial charge < -0.3 is 4.52 Å². The first-order valence-electron chi connectivity index (χ1n) is 3.57. The van der Waals surface area contributed by atoms with Gasteiger partial charge in [-0.1, -0.05) is 0 Å². The summed E-state index contributed by atoms with van der Waals surface area (Å²) < 4.78 is 7.34. The molecule has 1 atom stereocenters. The van der Waals surface area contributed by atoms with Crippen LogP contribution in [0.25, 0.3) is 0 Å². The Labute approximate surface area is 73.8 Å². The summed E-state index contributed by atoms with van der Waals surface area (Å²) in [6, 6.07) is 0. The molecule has 0 spiro atoms. The Balaban J connectivity index is 2.64. The van der Waals surface area contributed by atoms with Crippen molar-refractivity contribution in [1.29, 1.82) is 0 Å². The lowest BCUT2D eigenvalue weighted by atomic mass is 10.1. The molecule has 0 fully saturated rings. The first kappa shape index (κ1) is 9.31. The van der Waals surface area contributed by atoms with Gasteiger partial charge in [-0.05, 0) is 38.1 Å². The van der Waals surface area contributed by atoms with Crippen LogP contribution in [0.2, 0.25) is 0 Å². The molecule has 0 saturated carbocycles. The minimum Gasteiger partial charge on any atom is -0.453 e. The van der Waals surface area contributed by atoms with Gasteiger partial charge in [-0.15, -0.1) is 0 Å². The van der Waals surface area contributed by atoms with Gasteiger partial charge in [0.2, 0.25) is 0 Å². The predicted octanol–water partition coefficient (Wildman–Crippen LogP) is 3.10. The fourth-order valence-corrected chi connectivity index (χ4v) is 2.87. The molecule has 4 heteroatoms. The van der Waals surface area contributed by atoms with Gasteiger partial charge in [-0.3, -0.25) is 0 Å². The molecular formula is C7H13ClNOP. The molecule has 11 heavy (non-hydrogen) atoms. The van der Waals surface area contributed by atoms with E-state index in [0.717, 1.165) is 6.54 Å². The zero-order valence-electron chi connectivity index (χ0n) is 7.04. The molecule has 0 aliphatic carbocycles. The number of halogens is 1. The lowest BCUT2D eigenvalue weighted by molar-refractivity contribution is 0.255. The Kier molecular flexibility index (Phi) is 2.79. The summed E-state index contributed by atoms with van der Waals surface area (Å²) in [4.78, 5) is 0. The molecule has 1 aliphatic rings. The van der Waals surface area contributed by atoms with Crippen LogP contribution >= 0.6 is 18.9 Å². The lowest BCUT2D eigenvalue weighted by Crippen LogP contribution is -2.37. The van der Waals surface area contributed by atoms with Gasteiger partial charge in [0.25, 0.3) is 7.65 Å². The second-order valence-electron chi connectivity index (χ2n) is 3.46. The minimum atomic E-state index is -0.924. The van der Waals surface area contributed by atoms with Crippen molar-refractivity contribution in [3.05, 3.63) is 12.3 Å². The third-order valence-electron chi connectivity index (χ3n) is 1.49. The Bertz CT molecular complexity index is 166. The highest BCUT2D eigenvalue weighted by Gasteiger charge is 2.30. The number of hydrogen-bond donors (Lipinski definition) is 0. The Hall–Kier alpha value is 0.220. The largest absolute Gasteiger partial charge is 0.453 e.